The number of carbonyl (C=O) groups is 2. The molecule has 0 bridgehead atoms. The van der Waals surface area contributed by atoms with E-state index in [9.17, 15) is 42.8 Å². The molecule has 198 valence electrons. The number of hydrogen-bond acceptors (Lipinski definition) is 10. The standard InChI is InChI=1S/C15H11FO4.C6H12O9S/c1-8-11(14(17)18)5-6-12(13(8)15(19)20)9-3-2-4-10(16)7-9;7-1-2-3(8)4(9)5(10)6(14-2)15-16(11,12)13/h2-7H,1H3,(H,17,18)(H,19,20);2-10H,1H2,(H,11,12,13)/t;2-,3-,4+,5-,6+/m.1/s1. The minimum absolute atomic E-state index is 0.0810. The van der Waals surface area contributed by atoms with Crippen molar-refractivity contribution in [3.63, 3.8) is 0 Å². The number of aromatic carboxylic acids is 2. The molecular formula is C21H23FO13S. The van der Waals surface area contributed by atoms with Gasteiger partial charge in [0.25, 0.3) is 0 Å². The largest absolute Gasteiger partial charge is 0.478 e. The van der Waals surface area contributed by atoms with Gasteiger partial charge in [0.2, 0.25) is 6.29 Å². The van der Waals surface area contributed by atoms with Gasteiger partial charge in [0.1, 0.15) is 30.2 Å². The SMILES string of the molecule is Cc1c(C(=O)O)ccc(-c2cccc(F)c2)c1C(=O)O.O=S(=O)(O)O[C@@H]1O[C@H](CO)[C@@H](O)[C@H](O)[C@H]1O. The van der Waals surface area contributed by atoms with Crippen molar-refractivity contribution in [1.82, 2.24) is 0 Å². The van der Waals surface area contributed by atoms with Crippen molar-refractivity contribution >= 4 is 22.3 Å². The van der Waals surface area contributed by atoms with Crippen molar-refractivity contribution in [2.45, 2.75) is 37.6 Å². The van der Waals surface area contributed by atoms with Crippen LogP contribution in [0.25, 0.3) is 11.1 Å². The van der Waals surface area contributed by atoms with E-state index in [0.717, 1.165) is 0 Å². The Kier molecular flexibility index (Phi) is 9.58. The average molecular weight is 534 g/mol. The number of carboxylic acid groups (broad SMARTS) is 2. The lowest BCUT2D eigenvalue weighted by Gasteiger charge is -2.38. The maximum absolute atomic E-state index is 13.3. The zero-order valence-corrected chi connectivity index (χ0v) is 19.2. The number of rotatable bonds is 6. The second-order valence-electron chi connectivity index (χ2n) is 7.50. The summed E-state index contributed by atoms with van der Waals surface area (Å²) in [6.07, 6.45) is -8.46. The minimum Gasteiger partial charge on any atom is -0.478 e. The smallest absolute Gasteiger partial charge is 0.399 e. The van der Waals surface area contributed by atoms with Crippen LogP contribution >= 0.6 is 0 Å². The molecule has 15 heteroatoms. The third-order valence-electron chi connectivity index (χ3n) is 5.11. The maximum Gasteiger partial charge on any atom is 0.399 e. The molecule has 1 fully saturated rings. The molecule has 0 radical (unpaired) electrons. The topological polar surface area (TPSA) is 228 Å². The molecule has 0 aromatic heterocycles. The summed E-state index contributed by atoms with van der Waals surface area (Å²) in [5.74, 6) is -2.93. The van der Waals surface area contributed by atoms with E-state index in [1.54, 1.807) is 6.07 Å². The summed E-state index contributed by atoms with van der Waals surface area (Å²) >= 11 is 0. The molecule has 0 amide bonds. The molecule has 0 aliphatic carbocycles. The van der Waals surface area contributed by atoms with Crippen LogP contribution < -0.4 is 0 Å². The molecule has 5 atom stereocenters. The lowest BCUT2D eigenvalue weighted by molar-refractivity contribution is -0.277. The normalized spacial score (nSPS) is 23.9. The van der Waals surface area contributed by atoms with Crippen molar-refractivity contribution in [1.29, 1.82) is 0 Å². The molecule has 36 heavy (non-hydrogen) atoms. The molecule has 7 N–H and O–H groups in total. The first-order valence-corrected chi connectivity index (χ1v) is 11.4. The predicted molar refractivity (Wildman–Crippen MR) is 117 cm³/mol. The third kappa shape index (κ3) is 7.02. The van der Waals surface area contributed by atoms with Gasteiger partial charge in [-0.05, 0) is 41.8 Å². The van der Waals surface area contributed by atoms with Gasteiger partial charge in [-0.25, -0.2) is 18.2 Å². The summed E-state index contributed by atoms with van der Waals surface area (Å²) in [6, 6.07) is 8.21. The molecule has 1 saturated heterocycles. The third-order valence-corrected chi connectivity index (χ3v) is 5.54. The van der Waals surface area contributed by atoms with Gasteiger partial charge in [0.15, 0.2) is 0 Å². The fourth-order valence-corrected chi connectivity index (χ4v) is 3.78. The van der Waals surface area contributed by atoms with E-state index in [4.69, 9.17) is 14.8 Å². The number of ether oxygens (including phenoxy) is 1. The number of halogens is 1. The van der Waals surface area contributed by atoms with Gasteiger partial charge in [-0.15, -0.1) is 0 Å². The molecule has 2 aromatic carbocycles. The lowest BCUT2D eigenvalue weighted by Crippen LogP contribution is -2.59. The van der Waals surface area contributed by atoms with Crippen LogP contribution in [-0.4, -0.2) is 92.9 Å². The summed E-state index contributed by atoms with van der Waals surface area (Å²) < 4.78 is 50.9. The van der Waals surface area contributed by atoms with Crippen molar-refractivity contribution < 1.29 is 66.5 Å². The molecule has 2 aromatic rings. The fourth-order valence-electron chi connectivity index (χ4n) is 3.38. The van der Waals surface area contributed by atoms with E-state index in [1.807, 2.05) is 0 Å². The molecule has 0 spiro atoms. The van der Waals surface area contributed by atoms with E-state index >= 15 is 0 Å². The monoisotopic (exact) mass is 534 g/mol. The Balaban J connectivity index is 0.000000261. The van der Waals surface area contributed by atoms with Crippen LogP contribution in [0.3, 0.4) is 0 Å². The first kappa shape index (κ1) is 29.2. The first-order valence-electron chi connectivity index (χ1n) is 10.00. The fraction of sp³-hybridized carbons (Fsp3) is 0.333. The van der Waals surface area contributed by atoms with Gasteiger partial charge in [-0.1, -0.05) is 18.2 Å². The van der Waals surface area contributed by atoms with Crippen LogP contribution in [0.4, 0.5) is 4.39 Å². The summed E-state index contributed by atoms with van der Waals surface area (Å²) in [5.41, 5.74) is 0.617. The number of carboxylic acids is 2. The van der Waals surface area contributed by atoms with Crippen LogP contribution in [0.15, 0.2) is 36.4 Å². The Hall–Kier alpha value is -3.02. The Morgan fingerprint density at radius 2 is 1.67 bits per heavy atom. The highest BCUT2D eigenvalue weighted by Gasteiger charge is 2.45. The second-order valence-corrected chi connectivity index (χ2v) is 8.55. The molecular weight excluding hydrogens is 511 g/mol. The average Bonchev–Trinajstić information content (AvgIpc) is 2.78. The van der Waals surface area contributed by atoms with Crippen LogP contribution in [0.1, 0.15) is 26.3 Å². The Labute approximate surface area is 203 Å². The van der Waals surface area contributed by atoms with Crippen molar-refractivity contribution in [2.75, 3.05) is 6.61 Å². The van der Waals surface area contributed by atoms with Crippen molar-refractivity contribution in [3.8, 4) is 11.1 Å². The summed E-state index contributed by atoms with van der Waals surface area (Å²) in [7, 11) is -4.89. The van der Waals surface area contributed by atoms with Crippen LogP contribution in [0.2, 0.25) is 0 Å². The van der Waals surface area contributed by atoms with Gasteiger partial charge in [0.05, 0.1) is 17.7 Å². The molecule has 1 aliphatic rings. The van der Waals surface area contributed by atoms with Gasteiger partial charge in [-0.3, -0.25) is 4.55 Å². The van der Waals surface area contributed by atoms with Gasteiger partial charge < -0.3 is 35.4 Å². The quantitative estimate of drug-likeness (QED) is 0.239. The summed E-state index contributed by atoms with van der Waals surface area (Å²) in [4.78, 5) is 22.4. The Morgan fingerprint density at radius 3 is 2.17 bits per heavy atom. The Bertz CT molecular complexity index is 1210. The van der Waals surface area contributed by atoms with E-state index in [2.05, 4.69) is 8.92 Å². The van der Waals surface area contributed by atoms with E-state index in [-0.39, 0.29) is 16.7 Å². The Morgan fingerprint density at radius 1 is 1.03 bits per heavy atom. The molecule has 3 rings (SSSR count). The zero-order chi connectivity index (χ0) is 27.4. The van der Waals surface area contributed by atoms with Crippen LogP contribution in [0, 0.1) is 12.7 Å². The summed E-state index contributed by atoms with van der Waals surface area (Å²) in [5, 5.41) is 54.9. The lowest BCUT2D eigenvalue weighted by atomic mass is 9.92. The van der Waals surface area contributed by atoms with Gasteiger partial charge >= 0.3 is 22.3 Å². The van der Waals surface area contributed by atoms with Crippen LogP contribution in [0.5, 0.6) is 0 Å². The second kappa shape index (κ2) is 11.8. The molecule has 0 saturated carbocycles. The van der Waals surface area contributed by atoms with E-state index in [0.29, 0.717) is 11.1 Å². The van der Waals surface area contributed by atoms with Crippen LogP contribution in [-0.2, 0) is 19.3 Å². The van der Waals surface area contributed by atoms with Crippen molar-refractivity contribution in [3.05, 3.63) is 58.9 Å². The number of benzene rings is 2. The predicted octanol–water partition coefficient (Wildman–Crippen LogP) is -0.197. The van der Waals surface area contributed by atoms with E-state index in [1.165, 1.54) is 37.3 Å². The minimum atomic E-state index is -4.89. The van der Waals surface area contributed by atoms with Gasteiger partial charge in [-0.2, -0.15) is 8.42 Å². The number of aliphatic hydroxyl groups is 4. The van der Waals surface area contributed by atoms with Gasteiger partial charge in [0, 0.05) is 0 Å². The zero-order valence-electron chi connectivity index (χ0n) is 18.4. The van der Waals surface area contributed by atoms with E-state index < -0.39 is 65.5 Å². The highest BCUT2D eigenvalue weighted by molar-refractivity contribution is 7.80. The molecule has 13 nitrogen and oxygen atoms in total. The summed E-state index contributed by atoms with van der Waals surface area (Å²) in [6.45, 7) is 0.700. The maximum atomic E-state index is 13.3. The molecule has 0 unspecified atom stereocenters. The number of aliphatic hydroxyl groups excluding tert-OH is 4. The highest BCUT2D eigenvalue weighted by atomic mass is 32.3. The molecule has 1 aliphatic heterocycles. The molecule has 1 heterocycles. The first-order chi connectivity index (χ1) is 16.7. The van der Waals surface area contributed by atoms with Crippen molar-refractivity contribution in [2.24, 2.45) is 0 Å². The number of hydrogen-bond donors (Lipinski definition) is 7. The highest BCUT2D eigenvalue weighted by Crippen LogP contribution is 2.29.